The Labute approximate surface area is 124 Å². The van der Waals surface area contributed by atoms with E-state index in [4.69, 9.17) is 10.5 Å². The zero-order valence-corrected chi connectivity index (χ0v) is 13.2. The van der Waals surface area contributed by atoms with Crippen LogP contribution in [0.2, 0.25) is 0 Å². The summed E-state index contributed by atoms with van der Waals surface area (Å²) in [6.07, 6.45) is 0.837. The number of nitrogen functional groups attached to an aromatic ring is 1. The second kappa shape index (κ2) is 6.37. The molecule has 1 aromatic carbocycles. The number of nitrogens with zero attached hydrogens (tertiary/aromatic N) is 1. The lowest BCUT2D eigenvalue weighted by atomic mass is 9.93. The molecule has 20 heavy (non-hydrogen) atoms. The van der Waals surface area contributed by atoms with Gasteiger partial charge in [-0.05, 0) is 18.1 Å². The minimum Gasteiger partial charge on any atom is -0.399 e. The van der Waals surface area contributed by atoms with Gasteiger partial charge in [-0.2, -0.15) is 0 Å². The fraction of sp³-hybridized carbons (Fsp3) is 0.438. The summed E-state index contributed by atoms with van der Waals surface area (Å²) in [7, 11) is 0. The van der Waals surface area contributed by atoms with Gasteiger partial charge < -0.3 is 10.5 Å². The van der Waals surface area contributed by atoms with Crippen molar-refractivity contribution in [1.29, 1.82) is 0 Å². The predicted octanol–water partition coefficient (Wildman–Crippen LogP) is 3.78. The number of para-hydroxylation sites is 1. The summed E-state index contributed by atoms with van der Waals surface area (Å²) >= 11 is 1.67. The van der Waals surface area contributed by atoms with Gasteiger partial charge in [0.1, 0.15) is 5.01 Å². The van der Waals surface area contributed by atoms with E-state index in [1.807, 2.05) is 24.3 Å². The van der Waals surface area contributed by atoms with E-state index < -0.39 is 0 Å². The Morgan fingerprint density at radius 3 is 2.65 bits per heavy atom. The molecule has 3 nitrogen and oxygen atoms in total. The van der Waals surface area contributed by atoms with Gasteiger partial charge in [0.05, 0.1) is 18.9 Å². The molecule has 0 aliphatic heterocycles. The monoisotopic (exact) mass is 290 g/mol. The molecular weight excluding hydrogens is 268 g/mol. The van der Waals surface area contributed by atoms with E-state index in [0.29, 0.717) is 13.2 Å². The van der Waals surface area contributed by atoms with Crippen molar-refractivity contribution in [3.8, 4) is 0 Å². The largest absolute Gasteiger partial charge is 0.399 e. The van der Waals surface area contributed by atoms with Crippen LogP contribution in [-0.4, -0.2) is 11.6 Å². The highest BCUT2D eigenvalue weighted by atomic mass is 32.1. The van der Waals surface area contributed by atoms with E-state index in [9.17, 15) is 0 Å². The van der Waals surface area contributed by atoms with Crippen molar-refractivity contribution in [2.24, 2.45) is 0 Å². The van der Waals surface area contributed by atoms with Crippen LogP contribution in [0.15, 0.2) is 29.6 Å². The Hall–Kier alpha value is -1.39. The number of anilines is 1. The minimum atomic E-state index is 0.104. The average molecular weight is 290 g/mol. The molecule has 0 saturated carbocycles. The molecular formula is C16H22N2OS. The van der Waals surface area contributed by atoms with Crippen LogP contribution < -0.4 is 5.73 Å². The SMILES string of the molecule is CC(C)(C)c1csc(COCCc2ccccc2N)n1. The highest BCUT2D eigenvalue weighted by Crippen LogP contribution is 2.24. The summed E-state index contributed by atoms with van der Waals surface area (Å²) in [6, 6.07) is 7.91. The molecule has 0 bridgehead atoms. The molecule has 0 saturated heterocycles. The van der Waals surface area contributed by atoms with Gasteiger partial charge in [-0.1, -0.05) is 39.0 Å². The second-order valence-electron chi connectivity index (χ2n) is 5.88. The van der Waals surface area contributed by atoms with Crippen molar-refractivity contribution in [3.05, 3.63) is 45.9 Å². The summed E-state index contributed by atoms with van der Waals surface area (Å²) in [6.45, 7) is 7.76. The highest BCUT2D eigenvalue weighted by molar-refractivity contribution is 7.09. The van der Waals surface area contributed by atoms with Crippen molar-refractivity contribution in [2.45, 2.75) is 39.2 Å². The van der Waals surface area contributed by atoms with E-state index in [1.165, 1.54) is 0 Å². The van der Waals surface area contributed by atoms with Crippen molar-refractivity contribution in [1.82, 2.24) is 4.98 Å². The Kier molecular flexibility index (Phi) is 4.78. The molecule has 0 radical (unpaired) electrons. The Bertz CT molecular complexity index is 558. The normalized spacial score (nSPS) is 11.8. The van der Waals surface area contributed by atoms with Gasteiger partial charge in [0.2, 0.25) is 0 Å². The Morgan fingerprint density at radius 2 is 2.00 bits per heavy atom. The fourth-order valence-electron chi connectivity index (χ4n) is 1.83. The number of hydrogen-bond acceptors (Lipinski definition) is 4. The molecule has 0 fully saturated rings. The van der Waals surface area contributed by atoms with Crippen LogP contribution in [0.3, 0.4) is 0 Å². The van der Waals surface area contributed by atoms with E-state index >= 15 is 0 Å². The summed E-state index contributed by atoms with van der Waals surface area (Å²) in [5, 5.41) is 3.16. The van der Waals surface area contributed by atoms with Crippen LogP contribution in [-0.2, 0) is 23.2 Å². The summed E-state index contributed by atoms with van der Waals surface area (Å²) in [5.74, 6) is 0. The van der Waals surface area contributed by atoms with Crippen molar-refractivity contribution >= 4 is 17.0 Å². The predicted molar refractivity (Wildman–Crippen MR) is 85.0 cm³/mol. The molecule has 108 valence electrons. The van der Waals surface area contributed by atoms with Crippen LogP contribution in [0.25, 0.3) is 0 Å². The number of thiazole rings is 1. The summed E-state index contributed by atoms with van der Waals surface area (Å²) in [5.41, 5.74) is 9.11. The molecule has 0 unspecified atom stereocenters. The molecule has 0 atom stereocenters. The van der Waals surface area contributed by atoms with Crippen LogP contribution in [0.4, 0.5) is 5.69 Å². The molecule has 2 rings (SSSR count). The van der Waals surface area contributed by atoms with Gasteiger partial charge in [-0.15, -0.1) is 11.3 Å². The fourth-order valence-corrected chi connectivity index (χ4v) is 2.78. The number of benzene rings is 1. The maximum atomic E-state index is 5.90. The van der Waals surface area contributed by atoms with E-state index in [1.54, 1.807) is 11.3 Å². The topological polar surface area (TPSA) is 48.1 Å². The van der Waals surface area contributed by atoms with Gasteiger partial charge in [0, 0.05) is 16.5 Å². The lowest BCUT2D eigenvalue weighted by Crippen LogP contribution is -2.11. The van der Waals surface area contributed by atoms with Crippen LogP contribution in [0.5, 0.6) is 0 Å². The number of rotatable bonds is 5. The molecule has 1 heterocycles. The van der Waals surface area contributed by atoms with Gasteiger partial charge >= 0.3 is 0 Å². The second-order valence-corrected chi connectivity index (χ2v) is 6.82. The molecule has 0 aliphatic rings. The first-order valence-corrected chi connectivity index (χ1v) is 7.71. The first-order chi connectivity index (χ1) is 9.47. The molecule has 1 aromatic heterocycles. The third-order valence-electron chi connectivity index (χ3n) is 3.12. The Balaban J connectivity index is 1.79. The Morgan fingerprint density at radius 1 is 1.25 bits per heavy atom. The van der Waals surface area contributed by atoms with Gasteiger partial charge in [0.25, 0.3) is 0 Å². The smallest absolute Gasteiger partial charge is 0.119 e. The third-order valence-corrected chi connectivity index (χ3v) is 3.94. The maximum Gasteiger partial charge on any atom is 0.119 e. The molecule has 2 aromatic rings. The van der Waals surface area contributed by atoms with Crippen molar-refractivity contribution < 1.29 is 4.74 Å². The maximum absolute atomic E-state index is 5.90. The average Bonchev–Trinajstić information content (AvgIpc) is 2.85. The molecule has 0 amide bonds. The zero-order chi connectivity index (χ0) is 14.6. The number of nitrogens with two attached hydrogens (primary N) is 1. The molecule has 0 spiro atoms. The van der Waals surface area contributed by atoms with E-state index in [2.05, 4.69) is 31.1 Å². The van der Waals surface area contributed by atoms with Gasteiger partial charge in [-0.3, -0.25) is 0 Å². The molecule has 2 N–H and O–H groups in total. The van der Waals surface area contributed by atoms with Gasteiger partial charge in [-0.25, -0.2) is 4.98 Å². The third kappa shape index (κ3) is 4.05. The first-order valence-electron chi connectivity index (χ1n) is 6.83. The number of ether oxygens (including phenoxy) is 1. The summed E-state index contributed by atoms with van der Waals surface area (Å²) in [4.78, 5) is 4.61. The van der Waals surface area contributed by atoms with Crippen molar-refractivity contribution in [3.63, 3.8) is 0 Å². The van der Waals surface area contributed by atoms with Crippen LogP contribution in [0, 0.1) is 0 Å². The lowest BCUT2D eigenvalue weighted by molar-refractivity contribution is 0.123. The standard InChI is InChI=1S/C16H22N2OS/c1-16(2,3)14-11-20-15(18-14)10-19-9-8-12-6-4-5-7-13(12)17/h4-7,11H,8-10,17H2,1-3H3. The van der Waals surface area contributed by atoms with Crippen LogP contribution >= 0.6 is 11.3 Å². The number of aromatic nitrogens is 1. The van der Waals surface area contributed by atoms with Crippen molar-refractivity contribution in [2.75, 3.05) is 12.3 Å². The quantitative estimate of drug-likeness (QED) is 0.673. The van der Waals surface area contributed by atoms with E-state index in [-0.39, 0.29) is 5.41 Å². The van der Waals surface area contributed by atoms with Crippen LogP contribution in [0.1, 0.15) is 37.0 Å². The van der Waals surface area contributed by atoms with E-state index in [0.717, 1.165) is 28.4 Å². The first kappa shape index (κ1) is 15.0. The zero-order valence-electron chi connectivity index (χ0n) is 12.3. The minimum absolute atomic E-state index is 0.104. The molecule has 0 aliphatic carbocycles. The summed E-state index contributed by atoms with van der Waals surface area (Å²) < 4.78 is 5.70. The van der Waals surface area contributed by atoms with Gasteiger partial charge in [0.15, 0.2) is 0 Å². The number of hydrogen-bond donors (Lipinski definition) is 1. The highest BCUT2D eigenvalue weighted by Gasteiger charge is 2.17. The molecule has 4 heteroatoms. The lowest BCUT2D eigenvalue weighted by Gasteiger charge is -2.14.